The van der Waals surface area contributed by atoms with E-state index in [1.54, 1.807) is 11.0 Å². The molecule has 2 heterocycles. The molecule has 0 spiro atoms. The molecular formula is C18H27N7. The van der Waals surface area contributed by atoms with Crippen LogP contribution in [0.3, 0.4) is 0 Å². The predicted octanol–water partition coefficient (Wildman–Crippen LogP) is 1.02. The van der Waals surface area contributed by atoms with Crippen molar-refractivity contribution in [2.75, 3.05) is 33.2 Å². The van der Waals surface area contributed by atoms with Crippen LogP contribution >= 0.6 is 0 Å². The Bertz CT molecular complexity index is 714. The Kier molecular flexibility index (Phi) is 5.65. The van der Waals surface area contributed by atoms with E-state index in [0.717, 1.165) is 44.5 Å². The van der Waals surface area contributed by atoms with Crippen LogP contribution in [0.4, 0.5) is 0 Å². The van der Waals surface area contributed by atoms with Crippen molar-refractivity contribution in [2.24, 2.45) is 12.0 Å². The third-order valence-corrected chi connectivity index (χ3v) is 4.75. The highest BCUT2D eigenvalue weighted by Gasteiger charge is 2.20. The van der Waals surface area contributed by atoms with Gasteiger partial charge in [-0.3, -0.25) is 14.6 Å². The van der Waals surface area contributed by atoms with Crippen LogP contribution in [0.15, 0.2) is 35.6 Å². The fourth-order valence-electron chi connectivity index (χ4n) is 3.12. The van der Waals surface area contributed by atoms with Gasteiger partial charge in [0.15, 0.2) is 5.96 Å². The zero-order chi connectivity index (χ0) is 17.6. The van der Waals surface area contributed by atoms with E-state index in [9.17, 15) is 0 Å². The minimum absolute atomic E-state index is 0.632. The SMILES string of the molecule is CN=C(NCc1ncnn1C)N1CCN(Cc2ccccc2C)CC1. The maximum absolute atomic E-state index is 4.42. The van der Waals surface area contributed by atoms with Gasteiger partial charge in [0.1, 0.15) is 12.2 Å². The molecule has 0 aliphatic carbocycles. The van der Waals surface area contributed by atoms with Gasteiger partial charge in [-0.1, -0.05) is 24.3 Å². The minimum atomic E-state index is 0.632. The van der Waals surface area contributed by atoms with Crippen LogP contribution in [0.5, 0.6) is 0 Å². The highest BCUT2D eigenvalue weighted by atomic mass is 15.4. The average Bonchev–Trinajstić information content (AvgIpc) is 3.04. The Labute approximate surface area is 149 Å². The number of guanidine groups is 1. The zero-order valence-corrected chi connectivity index (χ0v) is 15.3. The van der Waals surface area contributed by atoms with E-state index in [1.165, 1.54) is 11.1 Å². The molecule has 134 valence electrons. The van der Waals surface area contributed by atoms with Crippen LogP contribution in [0.25, 0.3) is 0 Å². The number of piperazine rings is 1. The van der Waals surface area contributed by atoms with E-state index < -0.39 is 0 Å². The summed E-state index contributed by atoms with van der Waals surface area (Å²) in [5, 5.41) is 7.49. The van der Waals surface area contributed by atoms with Crippen molar-refractivity contribution < 1.29 is 0 Å². The Morgan fingerprint density at radius 2 is 1.96 bits per heavy atom. The van der Waals surface area contributed by atoms with E-state index in [0.29, 0.717) is 6.54 Å². The largest absolute Gasteiger partial charge is 0.349 e. The predicted molar refractivity (Wildman–Crippen MR) is 99.2 cm³/mol. The van der Waals surface area contributed by atoms with Crippen molar-refractivity contribution in [1.82, 2.24) is 29.9 Å². The molecule has 0 bridgehead atoms. The highest BCUT2D eigenvalue weighted by molar-refractivity contribution is 5.79. The molecule has 1 fully saturated rings. The van der Waals surface area contributed by atoms with Crippen molar-refractivity contribution in [3.63, 3.8) is 0 Å². The van der Waals surface area contributed by atoms with Gasteiger partial charge < -0.3 is 10.2 Å². The van der Waals surface area contributed by atoms with Crippen LogP contribution < -0.4 is 5.32 Å². The number of aliphatic imine (C=N–C) groups is 1. The standard InChI is InChI=1S/C18H27N7/c1-15-6-4-5-7-16(15)13-24-8-10-25(11-9-24)18(19-2)20-12-17-21-14-22-23(17)3/h4-7,14H,8-13H2,1-3H3,(H,19,20). The second-order valence-electron chi connectivity index (χ2n) is 6.39. The van der Waals surface area contributed by atoms with Crippen molar-refractivity contribution in [2.45, 2.75) is 20.0 Å². The van der Waals surface area contributed by atoms with Gasteiger partial charge in [0.25, 0.3) is 0 Å². The lowest BCUT2D eigenvalue weighted by atomic mass is 10.1. The zero-order valence-electron chi connectivity index (χ0n) is 15.3. The number of nitrogens with zero attached hydrogens (tertiary/aromatic N) is 6. The van der Waals surface area contributed by atoms with Gasteiger partial charge in [0.05, 0.1) is 6.54 Å². The lowest BCUT2D eigenvalue weighted by molar-refractivity contribution is 0.172. The Balaban J connectivity index is 1.50. The summed E-state index contributed by atoms with van der Waals surface area (Å²) in [7, 11) is 3.73. The molecule has 1 aromatic heterocycles. The average molecular weight is 341 g/mol. The first-order chi connectivity index (χ1) is 12.2. The van der Waals surface area contributed by atoms with Crippen LogP contribution in [0, 0.1) is 6.92 Å². The fraction of sp³-hybridized carbons (Fsp3) is 0.500. The molecule has 0 unspecified atom stereocenters. The van der Waals surface area contributed by atoms with E-state index in [1.807, 2.05) is 14.1 Å². The number of benzene rings is 1. The Hall–Kier alpha value is -2.41. The molecule has 7 heteroatoms. The molecule has 1 N–H and O–H groups in total. The van der Waals surface area contributed by atoms with Crippen LogP contribution in [-0.4, -0.2) is 63.8 Å². The smallest absolute Gasteiger partial charge is 0.194 e. The third-order valence-electron chi connectivity index (χ3n) is 4.75. The number of hydrogen-bond donors (Lipinski definition) is 1. The minimum Gasteiger partial charge on any atom is -0.349 e. The van der Waals surface area contributed by atoms with Crippen LogP contribution in [0.1, 0.15) is 17.0 Å². The molecule has 1 aliphatic rings. The first kappa shape index (κ1) is 17.4. The van der Waals surface area contributed by atoms with Crippen LogP contribution in [-0.2, 0) is 20.1 Å². The number of rotatable bonds is 4. The molecule has 1 aromatic carbocycles. The molecule has 1 saturated heterocycles. The van der Waals surface area contributed by atoms with Gasteiger partial charge in [-0.2, -0.15) is 5.10 Å². The first-order valence-corrected chi connectivity index (χ1v) is 8.72. The highest BCUT2D eigenvalue weighted by Crippen LogP contribution is 2.12. The molecule has 7 nitrogen and oxygen atoms in total. The molecule has 1 aliphatic heterocycles. The van der Waals surface area contributed by atoms with E-state index in [2.05, 4.69) is 61.4 Å². The van der Waals surface area contributed by atoms with E-state index >= 15 is 0 Å². The quantitative estimate of drug-likeness (QED) is 0.664. The molecule has 0 atom stereocenters. The van der Waals surface area contributed by atoms with Gasteiger partial charge in [0.2, 0.25) is 0 Å². The first-order valence-electron chi connectivity index (χ1n) is 8.72. The summed E-state index contributed by atoms with van der Waals surface area (Å²) in [6.07, 6.45) is 1.57. The fourth-order valence-corrected chi connectivity index (χ4v) is 3.12. The van der Waals surface area contributed by atoms with Gasteiger partial charge in [-0.25, -0.2) is 4.98 Å². The molecule has 0 radical (unpaired) electrons. The van der Waals surface area contributed by atoms with Gasteiger partial charge >= 0.3 is 0 Å². The van der Waals surface area contributed by atoms with Crippen molar-refractivity contribution in [3.05, 3.63) is 47.5 Å². The monoisotopic (exact) mass is 341 g/mol. The number of nitrogens with one attached hydrogen (secondary N) is 1. The topological polar surface area (TPSA) is 61.6 Å². The summed E-state index contributed by atoms with van der Waals surface area (Å²) in [4.78, 5) is 13.5. The summed E-state index contributed by atoms with van der Waals surface area (Å²) in [5.74, 6) is 1.83. The number of hydrogen-bond acceptors (Lipinski definition) is 4. The normalized spacial score (nSPS) is 16.3. The molecule has 3 rings (SSSR count). The van der Waals surface area contributed by atoms with Gasteiger partial charge in [-0.15, -0.1) is 0 Å². The van der Waals surface area contributed by atoms with E-state index in [-0.39, 0.29) is 0 Å². The summed E-state index contributed by atoms with van der Waals surface area (Å²) < 4.78 is 1.78. The summed E-state index contributed by atoms with van der Waals surface area (Å²) in [6.45, 7) is 7.87. The third kappa shape index (κ3) is 4.36. The van der Waals surface area contributed by atoms with Crippen molar-refractivity contribution >= 4 is 5.96 Å². The van der Waals surface area contributed by atoms with Gasteiger partial charge in [-0.05, 0) is 18.1 Å². The lowest BCUT2D eigenvalue weighted by Gasteiger charge is -2.36. The second-order valence-corrected chi connectivity index (χ2v) is 6.39. The Morgan fingerprint density at radius 1 is 1.20 bits per heavy atom. The second kappa shape index (κ2) is 8.11. The molecule has 0 saturated carbocycles. The molecule has 2 aromatic rings. The Morgan fingerprint density at radius 3 is 2.60 bits per heavy atom. The van der Waals surface area contributed by atoms with E-state index in [4.69, 9.17) is 0 Å². The van der Waals surface area contributed by atoms with Crippen molar-refractivity contribution in [3.8, 4) is 0 Å². The van der Waals surface area contributed by atoms with Crippen molar-refractivity contribution in [1.29, 1.82) is 0 Å². The maximum atomic E-state index is 4.42. The van der Waals surface area contributed by atoms with Gasteiger partial charge in [0, 0.05) is 46.8 Å². The molecule has 25 heavy (non-hydrogen) atoms. The number of aryl methyl sites for hydroxylation is 2. The molecular weight excluding hydrogens is 314 g/mol. The summed E-state index contributed by atoms with van der Waals surface area (Å²) >= 11 is 0. The maximum Gasteiger partial charge on any atom is 0.194 e. The lowest BCUT2D eigenvalue weighted by Crippen LogP contribution is -2.52. The summed E-state index contributed by atoms with van der Waals surface area (Å²) in [5.41, 5.74) is 2.78. The van der Waals surface area contributed by atoms with Crippen LogP contribution in [0.2, 0.25) is 0 Å². The molecule has 0 amide bonds. The summed E-state index contributed by atoms with van der Waals surface area (Å²) in [6, 6.07) is 8.63. The number of aromatic nitrogens is 3.